The third-order valence-corrected chi connectivity index (χ3v) is 2.50. The second-order valence-corrected chi connectivity index (χ2v) is 3.03. The van der Waals surface area contributed by atoms with Crippen LogP contribution in [0.3, 0.4) is 0 Å². The van der Waals surface area contributed by atoms with Crippen molar-refractivity contribution in [2.75, 3.05) is 37.1 Å². The van der Waals surface area contributed by atoms with Crippen molar-refractivity contribution in [2.24, 2.45) is 0 Å². The minimum Gasteiger partial charge on any atom is -0.385 e. The van der Waals surface area contributed by atoms with Crippen molar-refractivity contribution in [3.8, 4) is 0 Å². The van der Waals surface area contributed by atoms with Crippen LogP contribution >= 0.6 is 11.3 Å². The standard InChI is InChI=1S/C7H12N3S/c1-8-5-4-6(9-2)11-7(5)10-3/h8-10H,1-3H3. The Bertz CT molecular complexity index is 210. The van der Waals surface area contributed by atoms with Gasteiger partial charge in [-0.1, -0.05) is 11.3 Å². The molecule has 4 heteroatoms. The Morgan fingerprint density at radius 1 is 1.09 bits per heavy atom. The van der Waals surface area contributed by atoms with Crippen LogP contribution in [0, 0.1) is 6.07 Å². The van der Waals surface area contributed by atoms with E-state index in [1.807, 2.05) is 21.1 Å². The molecule has 3 nitrogen and oxygen atoms in total. The fraction of sp³-hybridized carbons (Fsp3) is 0.429. The molecule has 0 spiro atoms. The van der Waals surface area contributed by atoms with Crippen molar-refractivity contribution in [2.45, 2.75) is 0 Å². The summed E-state index contributed by atoms with van der Waals surface area (Å²) in [5.41, 5.74) is 1.02. The predicted octanol–water partition coefficient (Wildman–Crippen LogP) is 1.67. The van der Waals surface area contributed by atoms with Crippen molar-refractivity contribution >= 4 is 27.0 Å². The number of rotatable bonds is 3. The van der Waals surface area contributed by atoms with Crippen molar-refractivity contribution in [3.63, 3.8) is 0 Å². The molecule has 0 aliphatic rings. The van der Waals surface area contributed by atoms with E-state index < -0.39 is 0 Å². The van der Waals surface area contributed by atoms with Crippen molar-refractivity contribution in [3.05, 3.63) is 6.07 Å². The first kappa shape index (κ1) is 8.20. The van der Waals surface area contributed by atoms with Gasteiger partial charge in [0.15, 0.2) is 0 Å². The van der Waals surface area contributed by atoms with E-state index in [1.165, 1.54) is 0 Å². The normalized spacial score (nSPS) is 9.36. The van der Waals surface area contributed by atoms with Crippen LogP contribution in [0.5, 0.6) is 0 Å². The first-order valence-corrected chi connectivity index (χ1v) is 4.22. The van der Waals surface area contributed by atoms with Gasteiger partial charge in [-0.25, -0.2) is 0 Å². The van der Waals surface area contributed by atoms with E-state index >= 15 is 0 Å². The molecule has 0 saturated carbocycles. The zero-order chi connectivity index (χ0) is 8.27. The summed E-state index contributed by atoms with van der Waals surface area (Å²) in [6, 6.07) is 3.17. The van der Waals surface area contributed by atoms with Crippen LogP contribution < -0.4 is 16.0 Å². The summed E-state index contributed by atoms with van der Waals surface area (Å²) in [6.45, 7) is 0. The SMILES string of the molecule is CNc1[c]c(NC)c(NC)s1. The molecule has 1 aromatic rings. The molecular weight excluding hydrogens is 158 g/mol. The summed E-state index contributed by atoms with van der Waals surface area (Å²) in [7, 11) is 5.68. The highest BCUT2D eigenvalue weighted by molar-refractivity contribution is 7.20. The van der Waals surface area contributed by atoms with Gasteiger partial charge in [0.25, 0.3) is 0 Å². The Morgan fingerprint density at radius 3 is 2.18 bits per heavy atom. The quantitative estimate of drug-likeness (QED) is 0.646. The molecule has 61 valence electrons. The Morgan fingerprint density at radius 2 is 1.82 bits per heavy atom. The fourth-order valence-corrected chi connectivity index (χ4v) is 1.63. The molecule has 1 aromatic heterocycles. The lowest BCUT2D eigenvalue weighted by Gasteiger charge is -1.98. The zero-order valence-corrected chi connectivity index (χ0v) is 7.72. The van der Waals surface area contributed by atoms with E-state index in [0.29, 0.717) is 0 Å². The monoisotopic (exact) mass is 170 g/mol. The highest BCUT2D eigenvalue weighted by Gasteiger charge is 2.04. The van der Waals surface area contributed by atoms with Gasteiger partial charge in [-0.2, -0.15) is 0 Å². The Balaban J connectivity index is 2.92. The maximum atomic E-state index is 3.17. The average molecular weight is 170 g/mol. The van der Waals surface area contributed by atoms with E-state index in [2.05, 4.69) is 22.0 Å². The first-order chi connectivity index (χ1) is 5.31. The molecule has 1 heterocycles. The fourth-order valence-electron chi connectivity index (χ4n) is 0.814. The molecule has 0 saturated heterocycles. The average Bonchev–Trinajstić information content (AvgIpc) is 2.46. The maximum absolute atomic E-state index is 3.17. The number of anilines is 3. The van der Waals surface area contributed by atoms with Gasteiger partial charge in [0.2, 0.25) is 0 Å². The van der Waals surface area contributed by atoms with Crippen molar-refractivity contribution < 1.29 is 0 Å². The van der Waals surface area contributed by atoms with Crippen molar-refractivity contribution in [1.29, 1.82) is 0 Å². The summed E-state index contributed by atoms with van der Waals surface area (Å²) >= 11 is 1.64. The molecule has 0 fully saturated rings. The Hall–Kier alpha value is -0.900. The highest BCUT2D eigenvalue weighted by Crippen LogP contribution is 2.34. The summed E-state index contributed by atoms with van der Waals surface area (Å²) in [4.78, 5) is 0. The molecule has 3 N–H and O–H groups in total. The minimum atomic E-state index is 1.02. The molecule has 1 radical (unpaired) electrons. The van der Waals surface area contributed by atoms with Crippen LogP contribution in [0.1, 0.15) is 0 Å². The first-order valence-electron chi connectivity index (χ1n) is 3.41. The minimum absolute atomic E-state index is 1.02. The highest BCUT2D eigenvalue weighted by atomic mass is 32.1. The van der Waals surface area contributed by atoms with Crippen LogP contribution in [-0.2, 0) is 0 Å². The maximum Gasteiger partial charge on any atom is 0.114 e. The topological polar surface area (TPSA) is 36.1 Å². The van der Waals surface area contributed by atoms with Crippen LogP contribution in [0.25, 0.3) is 0 Å². The Labute approximate surface area is 70.8 Å². The van der Waals surface area contributed by atoms with Gasteiger partial charge in [0, 0.05) is 27.2 Å². The molecule has 0 aliphatic carbocycles. The Kier molecular flexibility index (Phi) is 2.59. The van der Waals surface area contributed by atoms with E-state index in [4.69, 9.17) is 0 Å². The molecule has 0 aromatic carbocycles. The van der Waals surface area contributed by atoms with Gasteiger partial charge >= 0.3 is 0 Å². The van der Waals surface area contributed by atoms with Gasteiger partial charge in [0.1, 0.15) is 10.0 Å². The van der Waals surface area contributed by atoms with Crippen LogP contribution in [0.15, 0.2) is 0 Å². The van der Waals surface area contributed by atoms with Crippen LogP contribution in [0.4, 0.5) is 15.7 Å². The van der Waals surface area contributed by atoms with E-state index in [1.54, 1.807) is 11.3 Å². The largest absolute Gasteiger partial charge is 0.385 e. The number of nitrogens with one attached hydrogen (secondary N) is 3. The predicted molar refractivity (Wildman–Crippen MR) is 51.8 cm³/mol. The van der Waals surface area contributed by atoms with Gasteiger partial charge < -0.3 is 16.0 Å². The molecule has 0 unspecified atom stereocenters. The van der Waals surface area contributed by atoms with Gasteiger partial charge in [-0.05, 0) is 0 Å². The molecule has 1 rings (SSSR count). The third kappa shape index (κ3) is 1.57. The smallest absolute Gasteiger partial charge is 0.114 e. The van der Waals surface area contributed by atoms with Crippen LogP contribution in [0.2, 0.25) is 0 Å². The molecule has 0 atom stereocenters. The zero-order valence-electron chi connectivity index (χ0n) is 6.91. The van der Waals surface area contributed by atoms with Gasteiger partial charge in [0.05, 0.1) is 5.69 Å². The number of thiophene rings is 1. The van der Waals surface area contributed by atoms with Gasteiger partial charge in [-0.3, -0.25) is 0 Å². The number of hydrogen-bond donors (Lipinski definition) is 3. The molecule has 0 bridgehead atoms. The van der Waals surface area contributed by atoms with E-state index in [-0.39, 0.29) is 0 Å². The molecule has 0 amide bonds. The second kappa shape index (κ2) is 3.48. The third-order valence-electron chi connectivity index (χ3n) is 1.37. The van der Waals surface area contributed by atoms with E-state index in [9.17, 15) is 0 Å². The summed E-state index contributed by atoms with van der Waals surface area (Å²) < 4.78 is 0. The summed E-state index contributed by atoms with van der Waals surface area (Å²) in [5, 5.41) is 11.3. The van der Waals surface area contributed by atoms with E-state index in [0.717, 1.165) is 15.7 Å². The van der Waals surface area contributed by atoms with Gasteiger partial charge in [-0.15, -0.1) is 0 Å². The number of hydrogen-bond acceptors (Lipinski definition) is 4. The van der Waals surface area contributed by atoms with Crippen LogP contribution in [-0.4, -0.2) is 21.1 Å². The summed E-state index contributed by atoms with van der Waals surface area (Å²) in [6.07, 6.45) is 0. The lowest BCUT2D eigenvalue weighted by molar-refractivity contribution is 1.50. The molecule has 11 heavy (non-hydrogen) atoms. The summed E-state index contributed by atoms with van der Waals surface area (Å²) in [5.74, 6) is 0. The molecular formula is C7H12N3S. The second-order valence-electron chi connectivity index (χ2n) is 2.01. The van der Waals surface area contributed by atoms with Crippen molar-refractivity contribution in [1.82, 2.24) is 0 Å². The lowest BCUT2D eigenvalue weighted by Crippen LogP contribution is -1.91. The molecule has 0 aliphatic heterocycles. The lowest BCUT2D eigenvalue weighted by atomic mass is 10.5.